The number of para-hydroxylation sites is 1. The van der Waals surface area contributed by atoms with Gasteiger partial charge in [-0.15, -0.1) is 0 Å². The quantitative estimate of drug-likeness (QED) is 0.415. The SMILES string of the molecule is CCN(Cc1ccccc1OC)C(=O)c1c(-c2ccccc2C)c2ccccc2c(=O)n1C. The summed E-state index contributed by atoms with van der Waals surface area (Å²) in [5, 5.41) is 1.38. The van der Waals surface area contributed by atoms with Gasteiger partial charge in [0.1, 0.15) is 11.4 Å². The molecule has 0 spiro atoms. The fourth-order valence-electron chi connectivity index (χ4n) is 4.36. The zero-order valence-corrected chi connectivity index (χ0v) is 19.5. The van der Waals surface area contributed by atoms with Gasteiger partial charge in [-0.05, 0) is 42.5 Å². The van der Waals surface area contributed by atoms with Crippen LogP contribution in [0.2, 0.25) is 0 Å². The van der Waals surface area contributed by atoms with Crippen molar-refractivity contribution < 1.29 is 9.53 Å². The van der Waals surface area contributed by atoms with Crippen LogP contribution in [-0.2, 0) is 13.6 Å². The van der Waals surface area contributed by atoms with Crippen molar-refractivity contribution in [2.75, 3.05) is 13.7 Å². The Bertz CT molecular complexity index is 1390. The molecule has 0 aliphatic rings. The lowest BCUT2D eigenvalue weighted by Gasteiger charge is -2.26. The molecule has 3 aromatic carbocycles. The van der Waals surface area contributed by atoms with Crippen LogP contribution in [-0.4, -0.2) is 29.0 Å². The fourth-order valence-corrected chi connectivity index (χ4v) is 4.36. The molecule has 1 heterocycles. The number of amides is 1. The van der Waals surface area contributed by atoms with E-state index in [0.717, 1.165) is 33.4 Å². The molecule has 0 fully saturated rings. The summed E-state index contributed by atoms with van der Waals surface area (Å²) in [6.45, 7) is 4.84. The Morgan fingerprint density at radius 3 is 2.27 bits per heavy atom. The third-order valence-electron chi connectivity index (χ3n) is 6.14. The maximum Gasteiger partial charge on any atom is 0.271 e. The standard InChI is InChI=1S/C28H28N2O3/c1-5-30(18-20-13-7-11-17-24(20)33-4)28(32)26-25(21-14-8-6-12-19(21)2)22-15-9-10-16-23(22)27(31)29(26)3/h6-17H,5,18H2,1-4H3. The molecule has 4 aromatic rings. The first-order chi connectivity index (χ1) is 16.0. The lowest BCUT2D eigenvalue weighted by Crippen LogP contribution is -2.35. The van der Waals surface area contributed by atoms with Gasteiger partial charge in [0.05, 0.1) is 7.11 Å². The second-order valence-corrected chi connectivity index (χ2v) is 8.08. The maximum atomic E-state index is 14.0. The zero-order valence-electron chi connectivity index (χ0n) is 19.5. The van der Waals surface area contributed by atoms with Gasteiger partial charge in [0.2, 0.25) is 0 Å². The Morgan fingerprint density at radius 2 is 1.58 bits per heavy atom. The minimum absolute atomic E-state index is 0.181. The third-order valence-corrected chi connectivity index (χ3v) is 6.14. The van der Waals surface area contributed by atoms with Crippen LogP contribution in [0.15, 0.2) is 77.6 Å². The highest BCUT2D eigenvalue weighted by atomic mass is 16.5. The number of pyridine rings is 1. The molecule has 5 heteroatoms. The van der Waals surface area contributed by atoms with Crippen LogP contribution in [0, 0.1) is 6.92 Å². The highest BCUT2D eigenvalue weighted by Gasteiger charge is 2.26. The van der Waals surface area contributed by atoms with E-state index in [-0.39, 0.29) is 11.5 Å². The van der Waals surface area contributed by atoms with Gasteiger partial charge >= 0.3 is 0 Å². The molecule has 4 rings (SSSR count). The van der Waals surface area contributed by atoms with E-state index in [1.165, 1.54) is 4.57 Å². The number of carbonyl (C=O) groups is 1. The molecule has 168 valence electrons. The number of carbonyl (C=O) groups excluding carboxylic acids is 1. The summed E-state index contributed by atoms with van der Waals surface area (Å²) >= 11 is 0. The minimum atomic E-state index is -0.188. The molecular weight excluding hydrogens is 412 g/mol. The summed E-state index contributed by atoms with van der Waals surface area (Å²) < 4.78 is 6.99. The first-order valence-corrected chi connectivity index (χ1v) is 11.1. The number of hydrogen-bond acceptors (Lipinski definition) is 3. The fraction of sp³-hybridized carbons (Fsp3) is 0.214. The second kappa shape index (κ2) is 9.33. The first-order valence-electron chi connectivity index (χ1n) is 11.1. The highest BCUT2D eigenvalue weighted by Crippen LogP contribution is 2.33. The molecule has 1 amide bonds. The summed E-state index contributed by atoms with van der Waals surface area (Å²) in [7, 11) is 3.31. The lowest BCUT2D eigenvalue weighted by molar-refractivity contribution is 0.0741. The number of aromatic nitrogens is 1. The van der Waals surface area contributed by atoms with Gasteiger partial charge in [0, 0.05) is 36.7 Å². The average molecular weight is 441 g/mol. The molecular formula is C28H28N2O3. The third kappa shape index (κ3) is 4.02. The zero-order chi connectivity index (χ0) is 23.5. The van der Waals surface area contributed by atoms with Crippen LogP contribution in [0.5, 0.6) is 5.75 Å². The second-order valence-electron chi connectivity index (χ2n) is 8.08. The summed E-state index contributed by atoms with van der Waals surface area (Å²) in [5.74, 6) is 0.544. The average Bonchev–Trinajstić information content (AvgIpc) is 2.85. The Morgan fingerprint density at radius 1 is 0.939 bits per heavy atom. The van der Waals surface area contributed by atoms with Crippen LogP contribution in [0.25, 0.3) is 21.9 Å². The van der Waals surface area contributed by atoms with Gasteiger partial charge in [0.15, 0.2) is 0 Å². The summed E-state index contributed by atoms with van der Waals surface area (Å²) in [5.41, 5.74) is 3.90. The molecule has 0 aliphatic heterocycles. The summed E-state index contributed by atoms with van der Waals surface area (Å²) in [6, 6.07) is 23.2. The van der Waals surface area contributed by atoms with Gasteiger partial charge < -0.3 is 14.2 Å². The van der Waals surface area contributed by atoms with Crippen molar-refractivity contribution in [1.29, 1.82) is 0 Å². The van der Waals surface area contributed by atoms with Crippen molar-refractivity contribution in [3.63, 3.8) is 0 Å². The number of ether oxygens (including phenoxy) is 1. The van der Waals surface area contributed by atoms with E-state index in [9.17, 15) is 9.59 Å². The van der Waals surface area contributed by atoms with E-state index in [1.54, 1.807) is 19.1 Å². The highest BCUT2D eigenvalue weighted by molar-refractivity contribution is 6.08. The number of methoxy groups -OCH3 is 1. The maximum absolute atomic E-state index is 14.0. The van der Waals surface area contributed by atoms with E-state index < -0.39 is 0 Å². The van der Waals surface area contributed by atoms with Crippen molar-refractivity contribution in [2.24, 2.45) is 7.05 Å². The van der Waals surface area contributed by atoms with E-state index in [1.807, 2.05) is 86.6 Å². The van der Waals surface area contributed by atoms with Gasteiger partial charge in [-0.2, -0.15) is 0 Å². The Balaban J connectivity index is 1.95. The first kappa shape index (κ1) is 22.3. The van der Waals surface area contributed by atoms with E-state index in [4.69, 9.17) is 4.74 Å². The smallest absolute Gasteiger partial charge is 0.271 e. The predicted octanol–water partition coefficient (Wildman–Crippen LogP) is 5.18. The molecule has 0 bridgehead atoms. The molecule has 0 saturated heterocycles. The van der Waals surface area contributed by atoms with E-state index in [2.05, 4.69) is 0 Å². The molecule has 0 saturated carbocycles. The van der Waals surface area contributed by atoms with Crippen molar-refractivity contribution in [3.05, 3.63) is 100.0 Å². The number of aryl methyl sites for hydroxylation is 1. The number of benzene rings is 3. The molecule has 1 aromatic heterocycles. The van der Waals surface area contributed by atoms with Gasteiger partial charge in [0.25, 0.3) is 11.5 Å². The number of rotatable bonds is 6. The molecule has 0 radical (unpaired) electrons. The largest absolute Gasteiger partial charge is 0.496 e. The van der Waals surface area contributed by atoms with Crippen LogP contribution < -0.4 is 10.3 Å². The van der Waals surface area contributed by atoms with Crippen molar-refractivity contribution in [3.8, 4) is 16.9 Å². The van der Waals surface area contributed by atoms with Crippen molar-refractivity contribution in [1.82, 2.24) is 9.47 Å². The summed E-state index contributed by atoms with van der Waals surface area (Å²) in [4.78, 5) is 29.0. The van der Waals surface area contributed by atoms with E-state index >= 15 is 0 Å². The molecule has 0 aliphatic carbocycles. The number of hydrogen-bond donors (Lipinski definition) is 0. The topological polar surface area (TPSA) is 51.5 Å². The number of fused-ring (bicyclic) bond motifs is 1. The Labute approximate surface area is 193 Å². The Kier molecular flexibility index (Phi) is 6.31. The molecule has 0 N–H and O–H groups in total. The predicted molar refractivity (Wildman–Crippen MR) is 133 cm³/mol. The van der Waals surface area contributed by atoms with Crippen LogP contribution >= 0.6 is 0 Å². The van der Waals surface area contributed by atoms with Crippen LogP contribution in [0.3, 0.4) is 0 Å². The van der Waals surface area contributed by atoms with Gasteiger partial charge in [-0.1, -0.05) is 60.7 Å². The minimum Gasteiger partial charge on any atom is -0.496 e. The molecule has 0 unspecified atom stereocenters. The lowest BCUT2D eigenvalue weighted by atomic mass is 9.93. The number of nitrogens with zero attached hydrogens (tertiary/aromatic N) is 2. The van der Waals surface area contributed by atoms with Gasteiger partial charge in [-0.3, -0.25) is 9.59 Å². The van der Waals surface area contributed by atoms with Gasteiger partial charge in [-0.25, -0.2) is 0 Å². The molecule has 33 heavy (non-hydrogen) atoms. The van der Waals surface area contributed by atoms with Crippen molar-refractivity contribution >= 4 is 16.7 Å². The molecule has 5 nitrogen and oxygen atoms in total. The van der Waals surface area contributed by atoms with E-state index in [0.29, 0.717) is 24.2 Å². The Hall–Kier alpha value is -3.86. The summed E-state index contributed by atoms with van der Waals surface area (Å²) in [6.07, 6.45) is 0. The van der Waals surface area contributed by atoms with Crippen LogP contribution in [0.1, 0.15) is 28.5 Å². The molecule has 0 atom stereocenters. The normalized spacial score (nSPS) is 10.9. The van der Waals surface area contributed by atoms with Crippen LogP contribution in [0.4, 0.5) is 0 Å². The van der Waals surface area contributed by atoms with Crippen molar-refractivity contribution in [2.45, 2.75) is 20.4 Å². The monoisotopic (exact) mass is 440 g/mol.